The number of tetrazole rings is 1. The Hall–Kier alpha value is -1.98. The topological polar surface area (TPSA) is 69.6 Å². The predicted octanol–water partition coefficient (Wildman–Crippen LogP) is 2.89. The third kappa shape index (κ3) is 3.04. The molecule has 2 aromatic rings. The molecule has 1 fully saturated rings. The normalized spacial score (nSPS) is 22.4. The summed E-state index contributed by atoms with van der Waals surface area (Å²) in [5.74, 6) is 1.61. The van der Waals surface area contributed by atoms with Gasteiger partial charge in [0.2, 0.25) is 0 Å². The van der Waals surface area contributed by atoms with Gasteiger partial charge >= 0.3 is 0 Å². The maximum Gasteiger partial charge on any atom is 0.182 e. The first-order chi connectivity index (χ1) is 10.1. The number of aromatic nitrogens is 4. The van der Waals surface area contributed by atoms with Crippen LogP contribution in [0.2, 0.25) is 0 Å². The van der Waals surface area contributed by atoms with Gasteiger partial charge in [-0.3, -0.25) is 0 Å². The molecule has 2 unspecified atom stereocenters. The SMILES string of the molecule is CC1CCCC(Cn2nnnc2-c2ccc(F)c(N)c2)C1. The Labute approximate surface area is 123 Å². The van der Waals surface area contributed by atoms with Crippen molar-refractivity contribution in [2.24, 2.45) is 11.8 Å². The molecule has 5 nitrogen and oxygen atoms in total. The lowest BCUT2D eigenvalue weighted by Gasteiger charge is -2.26. The molecule has 0 bridgehead atoms. The number of anilines is 1. The van der Waals surface area contributed by atoms with Crippen LogP contribution in [-0.2, 0) is 6.54 Å². The smallest absolute Gasteiger partial charge is 0.182 e. The maximum atomic E-state index is 13.3. The molecule has 1 aliphatic carbocycles. The third-order valence-electron chi connectivity index (χ3n) is 4.26. The van der Waals surface area contributed by atoms with Crippen molar-refractivity contribution in [3.63, 3.8) is 0 Å². The average molecular weight is 289 g/mol. The molecular weight excluding hydrogens is 269 g/mol. The summed E-state index contributed by atoms with van der Waals surface area (Å²) in [6, 6.07) is 4.60. The summed E-state index contributed by atoms with van der Waals surface area (Å²) in [4.78, 5) is 0. The molecule has 1 saturated carbocycles. The highest BCUT2D eigenvalue weighted by molar-refractivity contribution is 5.61. The molecule has 21 heavy (non-hydrogen) atoms. The van der Waals surface area contributed by atoms with Crippen LogP contribution in [0.4, 0.5) is 10.1 Å². The first-order valence-corrected chi connectivity index (χ1v) is 7.45. The third-order valence-corrected chi connectivity index (χ3v) is 4.26. The second-order valence-corrected chi connectivity index (χ2v) is 6.06. The molecule has 0 amide bonds. The van der Waals surface area contributed by atoms with Gasteiger partial charge in [-0.15, -0.1) is 5.10 Å². The largest absolute Gasteiger partial charge is 0.396 e. The zero-order valence-corrected chi connectivity index (χ0v) is 12.2. The molecule has 1 aromatic heterocycles. The second kappa shape index (κ2) is 5.79. The van der Waals surface area contributed by atoms with E-state index in [-0.39, 0.29) is 5.69 Å². The number of benzene rings is 1. The van der Waals surface area contributed by atoms with Gasteiger partial charge in [0.05, 0.1) is 5.69 Å². The average Bonchev–Trinajstić information content (AvgIpc) is 2.90. The van der Waals surface area contributed by atoms with Crippen molar-refractivity contribution in [1.82, 2.24) is 20.2 Å². The molecular formula is C15H20FN5. The number of rotatable bonds is 3. The van der Waals surface area contributed by atoms with Crippen molar-refractivity contribution in [3.05, 3.63) is 24.0 Å². The number of hydrogen-bond donors (Lipinski definition) is 1. The molecule has 0 radical (unpaired) electrons. The molecule has 1 aromatic carbocycles. The molecule has 3 rings (SSSR count). The van der Waals surface area contributed by atoms with E-state index in [0.29, 0.717) is 11.7 Å². The van der Waals surface area contributed by atoms with E-state index in [1.165, 1.54) is 31.7 Å². The van der Waals surface area contributed by atoms with E-state index in [1.54, 1.807) is 12.1 Å². The summed E-state index contributed by atoms with van der Waals surface area (Å²) in [5.41, 5.74) is 6.50. The van der Waals surface area contributed by atoms with E-state index in [1.807, 2.05) is 4.68 Å². The van der Waals surface area contributed by atoms with Gasteiger partial charge in [-0.1, -0.05) is 19.8 Å². The van der Waals surface area contributed by atoms with E-state index in [2.05, 4.69) is 22.4 Å². The zero-order valence-electron chi connectivity index (χ0n) is 12.2. The number of hydrogen-bond acceptors (Lipinski definition) is 4. The Kier molecular flexibility index (Phi) is 3.86. The Balaban J connectivity index is 1.81. The minimum atomic E-state index is -0.418. The predicted molar refractivity (Wildman–Crippen MR) is 78.7 cm³/mol. The van der Waals surface area contributed by atoms with Gasteiger partial charge < -0.3 is 5.73 Å². The van der Waals surface area contributed by atoms with Crippen molar-refractivity contribution in [3.8, 4) is 11.4 Å². The molecule has 112 valence electrons. The lowest BCUT2D eigenvalue weighted by atomic mass is 9.82. The van der Waals surface area contributed by atoms with E-state index >= 15 is 0 Å². The Morgan fingerprint density at radius 2 is 2.24 bits per heavy atom. The summed E-state index contributed by atoms with van der Waals surface area (Å²) in [5, 5.41) is 11.9. The highest BCUT2D eigenvalue weighted by Crippen LogP contribution is 2.30. The van der Waals surface area contributed by atoms with Gasteiger partial charge in [-0.05, 0) is 53.3 Å². The van der Waals surface area contributed by atoms with Gasteiger partial charge in [-0.25, -0.2) is 9.07 Å². The van der Waals surface area contributed by atoms with E-state index in [0.717, 1.165) is 18.0 Å². The quantitative estimate of drug-likeness (QED) is 0.882. The number of nitrogen functional groups attached to an aromatic ring is 1. The molecule has 1 aliphatic rings. The first kappa shape index (κ1) is 14.0. The van der Waals surface area contributed by atoms with Crippen LogP contribution < -0.4 is 5.73 Å². The van der Waals surface area contributed by atoms with Crippen LogP contribution in [0.25, 0.3) is 11.4 Å². The van der Waals surface area contributed by atoms with Gasteiger partial charge in [0.1, 0.15) is 5.82 Å². The van der Waals surface area contributed by atoms with E-state index in [4.69, 9.17) is 5.73 Å². The van der Waals surface area contributed by atoms with Crippen LogP contribution >= 0.6 is 0 Å². The van der Waals surface area contributed by atoms with Gasteiger partial charge in [0.15, 0.2) is 5.82 Å². The van der Waals surface area contributed by atoms with Crippen LogP contribution in [0.1, 0.15) is 32.6 Å². The number of halogens is 1. The van der Waals surface area contributed by atoms with Crippen molar-refractivity contribution in [2.45, 2.75) is 39.2 Å². The molecule has 0 spiro atoms. The number of nitrogens with two attached hydrogens (primary N) is 1. The monoisotopic (exact) mass is 289 g/mol. The molecule has 0 aliphatic heterocycles. The summed E-state index contributed by atoms with van der Waals surface area (Å²) < 4.78 is 15.1. The molecule has 1 heterocycles. The highest BCUT2D eigenvalue weighted by Gasteiger charge is 2.21. The molecule has 6 heteroatoms. The van der Waals surface area contributed by atoms with Crippen LogP contribution in [-0.4, -0.2) is 20.2 Å². The summed E-state index contributed by atoms with van der Waals surface area (Å²) in [7, 11) is 0. The summed E-state index contributed by atoms with van der Waals surface area (Å²) in [6.45, 7) is 3.11. The van der Waals surface area contributed by atoms with Crippen LogP contribution in [0.5, 0.6) is 0 Å². The minimum Gasteiger partial charge on any atom is -0.396 e. The molecule has 2 N–H and O–H groups in total. The van der Waals surface area contributed by atoms with Gasteiger partial charge in [0.25, 0.3) is 0 Å². The first-order valence-electron chi connectivity index (χ1n) is 7.45. The van der Waals surface area contributed by atoms with E-state index < -0.39 is 5.82 Å². The maximum absolute atomic E-state index is 13.3. The lowest BCUT2D eigenvalue weighted by molar-refractivity contribution is 0.249. The van der Waals surface area contributed by atoms with Crippen molar-refractivity contribution < 1.29 is 4.39 Å². The second-order valence-electron chi connectivity index (χ2n) is 6.06. The van der Waals surface area contributed by atoms with E-state index in [9.17, 15) is 4.39 Å². The standard InChI is InChI=1S/C15H20FN5/c1-10-3-2-4-11(7-10)9-21-15(18-19-20-21)12-5-6-13(16)14(17)8-12/h5-6,8,10-11H,2-4,7,9,17H2,1H3. The van der Waals surface area contributed by atoms with Crippen LogP contribution in [0.3, 0.4) is 0 Å². The van der Waals surface area contributed by atoms with Crippen molar-refractivity contribution >= 4 is 5.69 Å². The fourth-order valence-electron chi connectivity index (χ4n) is 3.19. The fourth-order valence-corrected chi connectivity index (χ4v) is 3.19. The number of nitrogens with zero attached hydrogens (tertiary/aromatic N) is 4. The fraction of sp³-hybridized carbons (Fsp3) is 0.533. The Morgan fingerprint density at radius 1 is 1.38 bits per heavy atom. The highest BCUT2D eigenvalue weighted by atomic mass is 19.1. The molecule has 0 saturated heterocycles. The van der Waals surface area contributed by atoms with Crippen LogP contribution in [0, 0.1) is 17.7 Å². The summed E-state index contributed by atoms with van der Waals surface area (Å²) in [6.07, 6.45) is 5.01. The van der Waals surface area contributed by atoms with Crippen LogP contribution in [0.15, 0.2) is 18.2 Å². The zero-order chi connectivity index (χ0) is 14.8. The van der Waals surface area contributed by atoms with Gasteiger partial charge in [-0.2, -0.15) is 0 Å². The molecule has 2 atom stereocenters. The lowest BCUT2D eigenvalue weighted by Crippen LogP contribution is -2.19. The Morgan fingerprint density at radius 3 is 3.00 bits per heavy atom. The summed E-state index contributed by atoms with van der Waals surface area (Å²) >= 11 is 0. The van der Waals surface area contributed by atoms with Crippen molar-refractivity contribution in [1.29, 1.82) is 0 Å². The minimum absolute atomic E-state index is 0.119. The van der Waals surface area contributed by atoms with Crippen molar-refractivity contribution in [2.75, 3.05) is 5.73 Å². The Bertz CT molecular complexity index is 624. The van der Waals surface area contributed by atoms with Gasteiger partial charge in [0, 0.05) is 12.1 Å².